The van der Waals surface area contributed by atoms with E-state index >= 15 is 0 Å². The van der Waals surface area contributed by atoms with Crippen molar-refractivity contribution in [3.63, 3.8) is 0 Å². The minimum atomic E-state index is -0.443. The van der Waals surface area contributed by atoms with Gasteiger partial charge in [-0.3, -0.25) is 9.69 Å². The number of hydrogen-bond acceptors (Lipinski definition) is 6. The molecule has 1 saturated heterocycles. The molecule has 2 aliphatic carbocycles. The predicted octanol–water partition coefficient (Wildman–Crippen LogP) is 4.99. The van der Waals surface area contributed by atoms with E-state index in [1.54, 1.807) is 0 Å². The Morgan fingerprint density at radius 2 is 1.97 bits per heavy atom. The second-order valence-electron chi connectivity index (χ2n) is 9.57. The number of thiophene rings is 1. The first-order chi connectivity index (χ1) is 16.6. The summed E-state index contributed by atoms with van der Waals surface area (Å²) in [5.41, 5.74) is 4.50. The number of fused-ring (bicyclic) bond motifs is 3. The van der Waals surface area contributed by atoms with E-state index in [2.05, 4.69) is 46.6 Å². The number of allylic oxidation sites excluding steroid dienone is 1. The molecule has 1 aliphatic heterocycles. The minimum Gasteiger partial charge on any atom is -0.465 e. The monoisotopic (exact) mass is 473 g/mol. The molecule has 3 heterocycles. The number of aromatic nitrogens is 1. The molecule has 0 unspecified atom stereocenters. The average molecular weight is 474 g/mol. The van der Waals surface area contributed by atoms with Crippen molar-refractivity contribution in [2.24, 2.45) is 5.92 Å². The molecular formula is C27H27N3O3S. The Bertz CT molecular complexity index is 1320. The van der Waals surface area contributed by atoms with Crippen LogP contribution in [0.25, 0.3) is 16.3 Å². The molecule has 1 saturated carbocycles. The fourth-order valence-electron chi connectivity index (χ4n) is 5.25. The molecule has 2 fully saturated rings. The van der Waals surface area contributed by atoms with Gasteiger partial charge < -0.3 is 10.1 Å². The number of likely N-dealkylation sites (tertiary alicyclic amines) is 1. The third-order valence-corrected chi connectivity index (χ3v) is 8.47. The fraction of sp³-hybridized carbons (Fsp3) is 0.370. The van der Waals surface area contributed by atoms with Gasteiger partial charge >= 0.3 is 5.97 Å². The summed E-state index contributed by atoms with van der Waals surface area (Å²) < 4.78 is 4.97. The van der Waals surface area contributed by atoms with Crippen LogP contribution >= 0.6 is 11.3 Å². The maximum absolute atomic E-state index is 12.4. The summed E-state index contributed by atoms with van der Waals surface area (Å²) in [6, 6.07) is 12.7. The fourth-order valence-corrected chi connectivity index (χ4v) is 6.31. The highest BCUT2D eigenvalue weighted by Gasteiger charge is 2.38. The van der Waals surface area contributed by atoms with Gasteiger partial charge in [0.25, 0.3) is 0 Å². The first-order valence-electron chi connectivity index (χ1n) is 11.9. The molecule has 1 spiro atoms. The highest BCUT2D eigenvalue weighted by molar-refractivity contribution is 7.21. The van der Waals surface area contributed by atoms with E-state index in [1.165, 1.54) is 29.6 Å². The second-order valence-corrected chi connectivity index (χ2v) is 10.6. The van der Waals surface area contributed by atoms with E-state index in [9.17, 15) is 9.59 Å². The maximum atomic E-state index is 12.4. The van der Waals surface area contributed by atoms with Gasteiger partial charge in [-0.2, -0.15) is 0 Å². The van der Waals surface area contributed by atoms with Crippen LogP contribution in [-0.4, -0.2) is 42.0 Å². The molecule has 6 nitrogen and oxygen atoms in total. The van der Waals surface area contributed by atoms with Crippen molar-refractivity contribution in [3.8, 4) is 0 Å². The normalized spacial score (nSPS) is 18.9. The molecule has 1 amide bonds. The summed E-state index contributed by atoms with van der Waals surface area (Å²) in [6.07, 6.45) is 8.69. The molecule has 174 valence electrons. The van der Waals surface area contributed by atoms with Crippen molar-refractivity contribution in [2.75, 3.05) is 25.5 Å². The molecule has 2 aromatic heterocycles. The number of benzene rings is 1. The summed E-state index contributed by atoms with van der Waals surface area (Å²) in [6.45, 7) is 2.80. The van der Waals surface area contributed by atoms with Gasteiger partial charge in [0.1, 0.15) is 9.71 Å². The number of amides is 1. The Kier molecular flexibility index (Phi) is 5.26. The lowest BCUT2D eigenvalue weighted by Gasteiger charge is -2.39. The molecular weight excluding hydrogens is 446 g/mol. The largest absolute Gasteiger partial charge is 0.465 e. The number of nitrogens with zero attached hydrogens (tertiary/aromatic N) is 2. The number of anilines is 1. The van der Waals surface area contributed by atoms with Crippen LogP contribution in [-0.2, 0) is 21.5 Å². The highest BCUT2D eigenvalue weighted by atomic mass is 32.1. The van der Waals surface area contributed by atoms with E-state index in [0.717, 1.165) is 61.2 Å². The van der Waals surface area contributed by atoms with Crippen molar-refractivity contribution in [1.29, 1.82) is 0 Å². The molecule has 7 heteroatoms. The van der Waals surface area contributed by atoms with Crippen molar-refractivity contribution in [1.82, 2.24) is 9.88 Å². The first-order valence-corrected chi connectivity index (χ1v) is 12.7. The Labute approximate surface area is 202 Å². The van der Waals surface area contributed by atoms with Gasteiger partial charge in [-0.15, -0.1) is 11.3 Å². The first kappa shape index (κ1) is 21.5. The van der Waals surface area contributed by atoms with E-state index in [-0.39, 0.29) is 17.2 Å². The van der Waals surface area contributed by atoms with Crippen LogP contribution in [0.2, 0.25) is 0 Å². The number of carbonyl (C=O) groups excluding carboxylic acids is 2. The number of rotatable bonds is 5. The molecule has 3 aliphatic rings. The van der Waals surface area contributed by atoms with Gasteiger partial charge in [-0.05, 0) is 62.0 Å². The maximum Gasteiger partial charge on any atom is 0.350 e. The minimum absolute atomic E-state index is 0.0290. The number of nitrogens with one attached hydrogen (secondary N) is 1. The second kappa shape index (κ2) is 8.32. The number of esters is 1. The number of methoxy groups -OCH3 is 1. The third-order valence-electron chi connectivity index (χ3n) is 7.39. The zero-order chi connectivity index (χ0) is 23.3. The van der Waals surface area contributed by atoms with Gasteiger partial charge in [0.2, 0.25) is 5.91 Å². The van der Waals surface area contributed by atoms with E-state index in [4.69, 9.17) is 9.72 Å². The standard InChI is InChI=1S/C27H27N3O3S/c1-33-26(32)23-22(29-24(31)18-6-7-18)20-9-8-19(28-25(20)34-23)16-30-14-12-27(13-15-30)11-10-17-4-2-3-5-21(17)27/h2-5,8-11,18H,6-7,12-16H2,1H3,(H,29,31). The van der Waals surface area contributed by atoms with Crippen LogP contribution in [0.5, 0.6) is 0 Å². The summed E-state index contributed by atoms with van der Waals surface area (Å²) >= 11 is 1.29. The lowest BCUT2D eigenvalue weighted by molar-refractivity contribution is -0.117. The smallest absolute Gasteiger partial charge is 0.350 e. The zero-order valence-corrected chi connectivity index (χ0v) is 20.0. The van der Waals surface area contributed by atoms with Crippen LogP contribution in [0.1, 0.15) is 52.2 Å². The molecule has 0 radical (unpaired) electrons. The number of hydrogen-bond donors (Lipinski definition) is 1. The quantitative estimate of drug-likeness (QED) is 0.529. The van der Waals surface area contributed by atoms with Crippen LogP contribution < -0.4 is 5.32 Å². The Morgan fingerprint density at radius 1 is 1.18 bits per heavy atom. The summed E-state index contributed by atoms with van der Waals surface area (Å²) in [5.74, 6) is -0.419. The van der Waals surface area contributed by atoms with Crippen molar-refractivity contribution >= 4 is 45.2 Å². The van der Waals surface area contributed by atoms with Crippen LogP contribution in [0, 0.1) is 5.92 Å². The van der Waals surface area contributed by atoms with E-state index in [1.807, 2.05) is 12.1 Å². The van der Waals surface area contributed by atoms with E-state index < -0.39 is 5.97 Å². The lowest BCUT2D eigenvalue weighted by atomic mass is 9.74. The van der Waals surface area contributed by atoms with Crippen LogP contribution in [0.3, 0.4) is 0 Å². The summed E-state index contributed by atoms with van der Waals surface area (Å²) in [4.78, 5) is 33.3. The zero-order valence-electron chi connectivity index (χ0n) is 19.2. The Hall–Kier alpha value is -3.03. The summed E-state index contributed by atoms with van der Waals surface area (Å²) in [7, 11) is 1.36. The number of pyridine rings is 1. The number of ether oxygens (including phenoxy) is 1. The highest BCUT2D eigenvalue weighted by Crippen LogP contribution is 2.44. The molecule has 1 N–H and O–H groups in total. The van der Waals surface area contributed by atoms with Crippen molar-refractivity contribution in [3.05, 3.63) is 64.2 Å². The van der Waals surface area contributed by atoms with Gasteiger partial charge in [-0.25, -0.2) is 9.78 Å². The van der Waals surface area contributed by atoms with Crippen LogP contribution in [0.4, 0.5) is 5.69 Å². The molecule has 3 aromatic rings. The van der Waals surface area contributed by atoms with Gasteiger partial charge in [0, 0.05) is 23.3 Å². The van der Waals surface area contributed by atoms with Gasteiger partial charge in [0.15, 0.2) is 0 Å². The van der Waals surface area contributed by atoms with Crippen molar-refractivity contribution in [2.45, 2.75) is 37.6 Å². The third kappa shape index (κ3) is 3.73. The SMILES string of the molecule is COC(=O)c1sc2nc(CN3CCC4(C=Cc5ccccc54)CC3)ccc2c1NC(=O)C1CC1. The Morgan fingerprint density at radius 3 is 2.74 bits per heavy atom. The molecule has 0 atom stereocenters. The average Bonchev–Trinajstić information content (AvgIpc) is 3.59. The predicted molar refractivity (Wildman–Crippen MR) is 134 cm³/mol. The molecule has 1 aromatic carbocycles. The van der Waals surface area contributed by atoms with Crippen LogP contribution in [0.15, 0.2) is 42.5 Å². The summed E-state index contributed by atoms with van der Waals surface area (Å²) in [5, 5.41) is 3.76. The van der Waals surface area contributed by atoms with Gasteiger partial charge in [0.05, 0.1) is 18.5 Å². The Balaban J connectivity index is 1.20. The van der Waals surface area contributed by atoms with Crippen molar-refractivity contribution < 1.29 is 14.3 Å². The van der Waals surface area contributed by atoms with E-state index in [0.29, 0.717) is 10.6 Å². The molecule has 6 rings (SSSR count). The lowest BCUT2D eigenvalue weighted by Crippen LogP contribution is -2.40. The number of carbonyl (C=O) groups is 2. The number of piperidine rings is 1. The van der Waals surface area contributed by atoms with Gasteiger partial charge in [-0.1, -0.05) is 36.4 Å². The molecule has 34 heavy (non-hydrogen) atoms. The molecule has 0 bridgehead atoms. The topological polar surface area (TPSA) is 71.5 Å².